The minimum absolute atomic E-state index is 0.376. The van der Waals surface area contributed by atoms with E-state index < -0.39 is 24.0 Å². The molecule has 2 N–H and O–H groups in total. The molecule has 0 aliphatic rings. The number of ether oxygens (including phenoxy) is 1. The normalized spacial score (nSPS) is 12.1. The number of carbonyl (C=O) groups excluding carboxylic acids is 3. The number of imide groups is 1. The molecule has 1 aromatic rings. The van der Waals surface area contributed by atoms with Gasteiger partial charge in [-0.2, -0.15) is 0 Å². The Labute approximate surface area is 135 Å². The van der Waals surface area contributed by atoms with Crippen LogP contribution in [0.25, 0.3) is 0 Å². The fourth-order valence-corrected chi connectivity index (χ4v) is 1.68. The summed E-state index contributed by atoms with van der Waals surface area (Å²) >= 11 is 0. The summed E-state index contributed by atoms with van der Waals surface area (Å²) in [5.74, 6) is -1.39. The molecule has 0 saturated carbocycles. The van der Waals surface area contributed by atoms with Crippen molar-refractivity contribution in [2.24, 2.45) is 0 Å². The summed E-state index contributed by atoms with van der Waals surface area (Å²) < 4.78 is 5.17. The average Bonchev–Trinajstić information content (AvgIpc) is 2.53. The summed E-state index contributed by atoms with van der Waals surface area (Å²) in [6, 6.07) is 7.85. The van der Waals surface area contributed by atoms with Crippen molar-refractivity contribution in [2.45, 2.75) is 20.0 Å². The van der Waals surface area contributed by atoms with Crippen molar-refractivity contribution in [2.75, 3.05) is 6.54 Å². The van der Waals surface area contributed by atoms with Crippen LogP contribution in [0, 0.1) is 0 Å². The second-order valence-electron chi connectivity index (χ2n) is 4.46. The lowest BCUT2D eigenvalue weighted by Crippen LogP contribution is -2.42. The Kier molecular flexibility index (Phi) is 7.85. The smallest absolute Gasteiger partial charge is 0.331 e. The molecule has 0 fully saturated rings. The lowest BCUT2D eigenvalue weighted by molar-refractivity contribution is -0.151. The Morgan fingerprint density at radius 3 is 2.48 bits per heavy atom. The first-order chi connectivity index (χ1) is 11.1. The first-order valence-electron chi connectivity index (χ1n) is 7.22. The zero-order valence-corrected chi connectivity index (χ0v) is 13.1. The molecule has 122 valence electrons. The van der Waals surface area contributed by atoms with Gasteiger partial charge in [0, 0.05) is 18.2 Å². The summed E-state index contributed by atoms with van der Waals surface area (Å²) in [6.07, 6.45) is 4.91. The van der Waals surface area contributed by atoms with Gasteiger partial charge in [0.2, 0.25) is 6.10 Å². The summed E-state index contributed by atoms with van der Waals surface area (Å²) in [7, 11) is 0. The summed E-state index contributed by atoms with van der Waals surface area (Å²) in [5.41, 5.74) is 0.474. The van der Waals surface area contributed by atoms with Crippen molar-refractivity contribution in [3.63, 3.8) is 0 Å². The second kappa shape index (κ2) is 9.94. The monoisotopic (exact) mass is 316 g/mol. The van der Waals surface area contributed by atoms with Crippen molar-refractivity contribution < 1.29 is 19.1 Å². The SMILES string of the molecule is C/C=C/C=C/C(=O)O[C@@H](C(=O)NC(=O)NCC)c1ccccc1. The van der Waals surface area contributed by atoms with Crippen LogP contribution in [0.15, 0.2) is 54.6 Å². The molecular weight excluding hydrogens is 296 g/mol. The highest BCUT2D eigenvalue weighted by Gasteiger charge is 2.25. The quantitative estimate of drug-likeness (QED) is 0.479. The third kappa shape index (κ3) is 6.60. The number of esters is 1. The van der Waals surface area contributed by atoms with Gasteiger partial charge in [0.25, 0.3) is 5.91 Å². The van der Waals surface area contributed by atoms with Crippen LogP contribution >= 0.6 is 0 Å². The number of amides is 3. The molecule has 0 unspecified atom stereocenters. The van der Waals surface area contributed by atoms with Crippen LogP contribution in [0.2, 0.25) is 0 Å². The average molecular weight is 316 g/mol. The summed E-state index contributed by atoms with van der Waals surface area (Å²) in [4.78, 5) is 35.5. The minimum atomic E-state index is -1.21. The van der Waals surface area contributed by atoms with Crippen molar-refractivity contribution >= 4 is 17.9 Å². The van der Waals surface area contributed by atoms with E-state index in [1.54, 1.807) is 49.4 Å². The third-order valence-electron chi connectivity index (χ3n) is 2.68. The highest BCUT2D eigenvalue weighted by Crippen LogP contribution is 2.17. The van der Waals surface area contributed by atoms with Crippen LogP contribution in [0.3, 0.4) is 0 Å². The van der Waals surface area contributed by atoms with Crippen LogP contribution in [-0.2, 0) is 14.3 Å². The number of allylic oxidation sites excluding steroid dienone is 3. The van der Waals surface area contributed by atoms with Gasteiger partial charge >= 0.3 is 12.0 Å². The standard InChI is InChI=1S/C17H20N2O4/c1-3-5-7-12-14(20)23-15(13-10-8-6-9-11-13)16(21)19-17(22)18-4-2/h3,5-12,15H,4H2,1-2H3,(H2,18,19,21,22)/b5-3+,12-7+/t15-/m1/s1. The fourth-order valence-electron chi connectivity index (χ4n) is 1.68. The molecule has 3 amide bonds. The zero-order valence-electron chi connectivity index (χ0n) is 13.1. The molecule has 0 aromatic heterocycles. The van der Waals surface area contributed by atoms with E-state index in [1.165, 1.54) is 12.2 Å². The summed E-state index contributed by atoms with van der Waals surface area (Å²) in [5, 5.41) is 4.59. The van der Waals surface area contributed by atoms with E-state index in [1.807, 2.05) is 6.92 Å². The molecule has 0 saturated heterocycles. The Morgan fingerprint density at radius 1 is 1.17 bits per heavy atom. The van der Waals surface area contributed by atoms with E-state index in [0.29, 0.717) is 12.1 Å². The Morgan fingerprint density at radius 2 is 1.87 bits per heavy atom. The molecule has 6 heteroatoms. The Bertz CT molecular complexity index is 594. The maximum absolute atomic E-state index is 12.2. The maximum atomic E-state index is 12.2. The van der Waals surface area contributed by atoms with Crippen LogP contribution in [0.4, 0.5) is 4.79 Å². The predicted octanol–water partition coefficient (Wildman–Crippen LogP) is 2.25. The van der Waals surface area contributed by atoms with E-state index in [2.05, 4.69) is 10.6 Å². The first-order valence-corrected chi connectivity index (χ1v) is 7.22. The van der Waals surface area contributed by atoms with Gasteiger partial charge in [-0.05, 0) is 13.8 Å². The molecule has 23 heavy (non-hydrogen) atoms. The largest absolute Gasteiger partial charge is 0.444 e. The van der Waals surface area contributed by atoms with Gasteiger partial charge < -0.3 is 10.1 Å². The van der Waals surface area contributed by atoms with Crippen LogP contribution < -0.4 is 10.6 Å². The van der Waals surface area contributed by atoms with Gasteiger partial charge in [0.05, 0.1) is 0 Å². The number of hydrogen-bond acceptors (Lipinski definition) is 4. The van der Waals surface area contributed by atoms with Crippen molar-refractivity contribution in [3.8, 4) is 0 Å². The van der Waals surface area contributed by atoms with E-state index in [4.69, 9.17) is 4.74 Å². The third-order valence-corrected chi connectivity index (χ3v) is 2.68. The highest BCUT2D eigenvalue weighted by molar-refractivity contribution is 5.98. The number of benzene rings is 1. The van der Waals surface area contributed by atoms with E-state index in [0.717, 1.165) is 0 Å². The molecule has 1 atom stereocenters. The van der Waals surface area contributed by atoms with Gasteiger partial charge in [-0.25, -0.2) is 9.59 Å². The lowest BCUT2D eigenvalue weighted by atomic mass is 10.1. The zero-order chi connectivity index (χ0) is 17.1. The van der Waals surface area contributed by atoms with Crippen LogP contribution in [0.5, 0.6) is 0 Å². The molecule has 1 aromatic carbocycles. The molecule has 0 radical (unpaired) electrons. The number of carbonyl (C=O) groups is 3. The maximum Gasteiger partial charge on any atom is 0.331 e. The van der Waals surface area contributed by atoms with Crippen molar-refractivity contribution in [1.29, 1.82) is 0 Å². The molecule has 6 nitrogen and oxygen atoms in total. The van der Waals surface area contributed by atoms with Gasteiger partial charge in [-0.1, -0.05) is 48.6 Å². The van der Waals surface area contributed by atoms with E-state index >= 15 is 0 Å². The number of hydrogen-bond donors (Lipinski definition) is 2. The van der Waals surface area contributed by atoms with Crippen molar-refractivity contribution in [3.05, 3.63) is 60.2 Å². The molecule has 1 rings (SSSR count). The summed E-state index contributed by atoms with van der Waals surface area (Å²) in [6.45, 7) is 3.91. The predicted molar refractivity (Wildman–Crippen MR) is 86.4 cm³/mol. The van der Waals surface area contributed by atoms with Crippen molar-refractivity contribution in [1.82, 2.24) is 10.6 Å². The van der Waals surface area contributed by atoms with Crippen LogP contribution in [0.1, 0.15) is 25.5 Å². The lowest BCUT2D eigenvalue weighted by Gasteiger charge is -2.16. The van der Waals surface area contributed by atoms with Gasteiger partial charge in [-0.15, -0.1) is 0 Å². The number of nitrogens with one attached hydrogen (secondary N) is 2. The fraction of sp³-hybridized carbons (Fsp3) is 0.235. The Balaban J connectivity index is 2.88. The number of urea groups is 1. The molecule has 0 aliphatic heterocycles. The topological polar surface area (TPSA) is 84.5 Å². The Hall–Kier alpha value is -2.89. The molecular formula is C17H20N2O4. The van der Waals surface area contributed by atoms with Gasteiger partial charge in [0.15, 0.2) is 0 Å². The first kappa shape index (κ1) is 18.2. The van der Waals surface area contributed by atoms with Gasteiger partial charge in [0.1, 0.15) is 0 Å². The van der Waals surface area contributed by atoms with E-state index in [9.17, 15) is 14.4 Å². The molecule has 0 heterocycles. The minimum Gasteiger partial charge on any atom is -0.444 e. The van der Waals surface area contributed by atoms with Crippen LogP contribution in [-0.4, -0.2) is 24.5 Å². The highest BCUT2D eigenvalue weighted by atomic mass is 16.5. The molecule has 0 bridgehead atoms. The molecule has 0 spiro atoms. The second-order valence-corrected chi connectivity index (χ2v) is 4.46. The molecule has 0 aliphatic carbocycles. The number of rotatable bonds is 6. The van der Waals surface area contributed by atoms with Gasteiger partial charge in [-0.3, -0.25) is 10.1 Å². The van der Waals surface area contributed by atoms with E-state index in [-0.39, 0.29) is 0 Å².